The summed E-state index contributed by atoms with van der Waals surface area (Å²) in [6, 6.07) is 1.60. The van der Waals surface area contributed by atoms with Crippen LogP contribution in [0.2, 0.25) is 0 Å². The van der Waals surface area contributed by atoms with Crippen molar-refractivity contribution in [3.05, 3.63) is 24.2 Å². The van der Waals surface area contributed by atoms with Crippen molar-refractivity contribution in [1.82, 2.24) is 10.2 Å². The third-order valence-corrected chi connectivity index (χ3v) is 3.63. The minimum atomic E-state index is -0.524. The Morgan fingerprint density at radius 1 is 1.58 bits per heavy atom. The number of carbonyl (C=O) groups excluding carboxylic acids is 1. The highest BCUT2D eigenvalue weighted by molar-refractivity contribution is 5.93. The monoisotopic (exact) mass is 266 g/mol. The highest BCUT2D eigenvalue weighted by Gasteiger charge is 2.18. The van der Waals surface area contributed by atoms with E-state index in [1.807, 2.05) is 0 Å². The number of hydrogen-bond donors (Lipinski definition) is 2. The molecule has 1 amide bonds. The summed E-state index contributed by atoms with van der Waals surface area (Å²) in [4.78, 5) is 13.9. The van der Waals surface area contributed by atoms with Gasteiger partial charge in [-0.05, 0) is 37.9 Å². The van der Waals surface area contributed by atoms with Gasteiger partial charge in [-0.25, -0.2) is 0 Å². The molecular weight excluding hydrogens is 244 g/mol. The first-order valence-electron chi connectivity index (χ1n) is 6.86. The Morgan fingerprint density at radius 2 is 2.32 bits per heavy atom. The maximum atomic E-state index is 11.6. The van der Waals surface area contributed by atoms with E-state index >= 15 is 0 Å². The molecule has 1 aromatic rings. The van der Waals surface area contributed by atoms with E-state index in [0.29, 0.717) is 12.1 Å². The smallest absolute Gasteiger partial charge is 0.254 e. The second-order valence-corrected chi connectivity index (χ2v) is 5.36. The van der Waals surface area contributed by atoms with Gasteiger partial charge < -0.3 is 19.7 Å². The van der Waals surface area contributed by atoms with Gasteiger partial charge in [0.15, 0.2) is 0 Å². The van der Waals surface area contributed by atoms with Crippen LogP contribution in [0.3, 0.4) is 0 Å². The molecule has 5 nitrogen and oxygen atoms in total. The Hall–Kier alpha value is -1.33. The normalized spacial score (nSPS) is 19.3. The molecule has 1 saturated heterocycles. The van der Waals surface area contributed by atoms with E-state index < -0.39 is 6.10 Å². The molecule has 0 spiro atoms. The number of carbonyl (C=O) groups is 1. The van der Waals surface area contributed by atoms with Gasteiger partial charge in [0.2, 0.25) is 0 Å². The largest absolute Gasteiger partial charge is 0.472 e. The van der Waals surface area contributed by atoms with Gasteiger partial charge in [-0.1, -0.05) is 6.92 Å². The molecule has 106 valence electrons. The van der Waals surface area contributed by atoms with E-state index in [1.165, 1.54) is 25.4 Å². The molecule has 0 bridgehead atoms. The number of nitrogens with zero attached hydrogens (tertiary/aromatic N) is 1. The maximum Gasteiger partial charge on any atom is 0.254 e. The minimum Gasteiger partial charge on any atom is -0.472 e. The van der Waals surface area contributed by atoms with Crippen molar-refractivity contribution in [2.24, 2.45) is 5.92 Å². The summed E-state index contributed by atoms with van der Waals surface area (Å²) in [5.41, 5.74) is 0.485. The fraction of sp³-hybridized carbons (Fsp3) is 0.643. The molecule has 1 atom stereocenters. The molecule has 0 saturated carbocycles. The molecule has 19 heavy (non-hydrogen) atoms. The van der Waals surface area contributed by atoms with E-state index in [1.54, 1.807) is 6.07 Å². The second kappa shape index (κ2) is 6.73. The van der Waals surface area contributed by atoms with Gasteiger partial charge in [0.1, 0.15) is 6.26 Å². The molecule has 1 aromatic heterocycles. The lowest BCUT2D eigenvalue weighted by atomic mass is 9.99. The average Bonchev–Trinajstić information content (AvgIpc) is 2.93. The Labute approximate surface area is 113 Å². The highest BCUT2D eigenvalue weighted by Crippen LogP contribution is 2.15. The summed E-state index contributed by atoms with van der Waals surface area (Å²) in [5, 5.41) is 12.6. The Kier molecular flexibility index (Phi) is 4.99. The summed E-state index contributed by atoms with van der Waals surface area (Å²) >= 11 is 0. The summed E-state index contributed by atoms with van der Waals surface area (Å²) < 4.78 is 4.84. The zero-order valence-electron chi connectivity index (χ0n) is 11.3. The molecule has 1 fully saturated rings. The Balaban J connectivity index is 1.67. The number of hydrogen-bond acceptors (Lipinski definition) is 4. The molecule has 0 aliphatic carbocycles. The number of likely N-dealkylation sites (tertiary alicyclic amines) is 1. The van der Waals surface area contributed by atoms with Crippen molar-refractivity contribution < 1.29 is 14.3 Å². The van der Waals surface area contributed by atoms with Crippen molar-refractivity contribution in [3.63, 3.8) is 0 Å². The molecule has 5 heteroatoms. The maximum absolute atomic E-state index is 11.6. The summed E-state index contributed by atoms with van der Waals surface area (Å²) in [6.45, 7) is 5.23. The van der Waals surface area contributed by atoms with Crippen LogP contribution in [0.4, 0.5) is 0 Å². The van der Waals surface area contributed by atoms with Crippen molar-refractivity contribution >= 4 is 5.91 Å². The molecule has 2 N–H and O–H groups in total. The first-order chi connectivity index (χ1) is 9.15. The Bertz CT molecular complexity index is 383. The fourth-order valence-electron chi connectivity index (χ4n) is 2.31. The van der Waals surface area contributed by atoms with Crippen LogP contribution in [-0.4, -0.2) is 48.2 Å². The molecule has 0 aromatic carbocycles. The van der Waals surface area contributed by atoms with Crippen molar-refractivity contribution in [2.45, 2.75) is 25.9 Å². The number of piperidine rings is 1. The van der Waals surface area contributed by atoms with Crippen LogP contribution < -0.4 is 5.32 Å². The first kappa shape index (κ1) is 14.1. The Morgan fingerprint density at radius 3 is 2.95 bits per heavy atom. The standard InChI is InChI=1S/C14H22N2O3/c1-11-2-5-16(6-3-11)9-13(17)8-15-14(18)12-4-7-19-10-12/h4,7,10-11,13,17H,2-3,5-6,8-9H2,1H3,(H,15,18). The van der Waals surface area contributed by atoms with Crippen molar-refractivity contribution in [2.75, 3.05) is 26.2 Å². The molecule has 2 heterocycles. The predicted octanol–water partition coefficient (Wildman–Crippen LogP) is 1.10. The molecule has 1 unspecified atom stereocenters. The van der Waals surface area contributed by atoms with E-state index in [0.717, 1.165) is 19.0 Å². The van der Waals surface area contributed by atoms with Crippen LogP contribution in [0.1, 0.15) is 30.1 Å². The number of aliphatic hydroxyl groups excluding tert-OH is 1. The second-order valence-electron chi connectivity index (χ2n) is 5.36. The van der Waals surface area contributed by atoms with Gasteiger partial charge in [0, 0.05) is 13.1 Å². The van der Waals surface area contributed by atoms with Crippen LogP contribution >= 0.6 is 0 Å². The van der Waals surface area contributed by atoms with E-state index in [9.17, 15) is 9.90 Å². The summed E-state index contributed by atoms with van der Waals surface area (Å²) in [7, 11) is 0. The van der Waals surface area contributed by atoms with Gasteiger partial charge >= 0.3 is 0 Å². The molecule has 1 aliphatic rings. The van der Waals surface area contributed by atoms with E-state index in [-0.39, 0.29) is 12.5 Å². The van der Waals surface area contributed by atoms with Crippen molar-refractivity contribution in [1.29, 1.82) is 0 Å². The summed E-state index contributed by atoms with van der Waals surface area (Å²) in [6.07, 6.45) is 4.71. The van der Waals surface area contributed by atoms with Crippen LogP contribution in [0.5, 0.6) is 0 Å². The quantitative estimate of drug-likeness (QED) is 0.837. The minimum absolute atomic E-state index is 0.208. The van der Waals surface area contributed by atoms with Gasteiger partial charge in [-0.15, -0.1) is 0 Å². The van der Waals surface area contributed by atoms with Crippen LogP contribution in [0, 0.1) is 5.92 Å². The fourth-order valence-corrected chi connectivity index (χ4v) is 2.31. The summed E-state index contributed by atoms with van der Waals surface area (Å²) in [5.74, 6) is 0.578. The molecule has 1 aliphatic heterocycles. The first-order valence-corrected chi connectivity index (χ1v) is 6.86. The van der Waals surface area contributed by atoms with Crippen LogP contribution in [0.25, 0.3) is 0 Å². The number of aliphatic hydroxyl groups is 1. The lowest BCUT2D eigenvalue weighted by molar-refractivity contribution is 0.0795. The third kappa shape index (κ3) is 4.36. The number of furan rings is 1. The predicted molar refractivity (Wildman–Crippen MR) is 71.9 cm³/mol. The molecule has 2 rings (SSSR count). The van der Waals surface area contributed by atoms with Gasteiger partial charge in [-0.2, -0.15) is 0 Å². The third-order valence-electron chi connectivity index (χ3n) is 3.63. The van der Waals surface area contributed by atoms with E-state index in [4.69, 9.17) is 4.42 Å². The lowest BCUT2D eigenvalue weighted by Crippen LogP contribution is -2.43. The number of nitrogens with one attached hydrogen (secondary N) is 1. The van der Waals surface area contributed by atoms with Crippen molar-refractivity contribution in [3.8, 4) is 0 Å². The highest BCUT2D eigenvalue weighted by atomic mass is 16.3. The van der Waals surface area contributed by atoms with Gasteiger partial charge in [-0.3, -0.25) is 4.79 Å². The number of rotatable bonds is 5. The zero-order valence-corrected chi connectivity index (χ0v) is 11.3. The topological polar surface area (TPSA) is 65.7 Å². The molecular formula is C14H22N2O3. The van der Waals surface area contributed by atoms with E-state index in [2.05, 4.69) is 17.1 Å². The number of amides is 1. The lowest BCUT2D eigenvalue weighted by Gasteiger charge is -2.31. The van der Waals surface area contributed by atoms with Gasteiger partial charge in [0.25, 0.3) is 5.91 Å². The zero-order chi connectivity index (χ0) is 13.7. The van der Waals surface area contributed by atoms with Crippen LogP contribution in [-0.2, 0) is 0 Å². The number of β-amino-alcohol motifs (C(OH)–C–C–N with tert-alkyl or cyclic N) is 1. The van der Waals surface area contributed by atoms with Gasteiger partial charge in [0.05, 0.1) is 17.9 Å². The van der Waals surface area contributed by atoms with Crippen LogP contribution in [0.15, 0.2) is 23.0 Å². The average molecular weight is 266 g/mol. The SMILES string of the molecule is CC1CCN(CC(O)CNC(=O)c2ccoc2)CC1. The molecule has 0 radical (unpaired) electrons.